The van der Waals surface area contributed by atoms with Gasteiger partial charge in [0.25, 0.3) is 0 Å². The summed E-state index contributed by atoms with van der Waals surface area (Å²) >= 11 is 0. The number of nitrogens with zero attached hydrogens (tertiary/aromatic N) is 6. The van der Waals surface area contributed by atoms with Gasteiger partial charge in [-0.2, -0.15) is 0 Å². The predicted molar refractivity (Wildman–Crippen MR) is 101 cm³/mol. The normalized spacial score (nSPS) is 23.9. The maximum absolute atomic E-state index is 4.36. The lowest BCUT2D eigenvalue weighted by Crippen LogP contribution is -2.54. The molecule has 0 radical (unpaired) electrons. The van der Waals surface area contributed by atoms with Gasteiger partial charge in [0, 0.05) is 25.7 Å². The van der Waals surface area contributed by atoms with E-state index in [1.165, 1.54) is 31.4 Å². The third kappa shape index (κ3) is 2.84. The number of hydrogen-bond donors (Lipinski definition) is 0. The number of piperidine rings is 2. The minimum absolute atomic E-state index is 0.688. The lowest BCUT2D eigenvalue weighted by atomic mass is 9.83. The molecule has 0 saturated carbocycles. The first-order chi connectivity index (χ1) is 12.9. The summed E-state index contributed by atoms with van der Waals surface area (Å²) in [5, 5.41) is 8.17. The van der Waals surface area contributed by atoms with Gasteiger partial charge >= 0.3 is 0 Å². The van der Waals surface area contributed by atoms with E-state index in [4.69, 9.17) is 0 Å². The second kappa shape index (κ2) is 6.68. The Hall–Kier alpha value is -2.47. The summed E-state index contributed by atoms with van der Waals surface area (Å²) in [6.45, 7) is 4.45. The second-order valence-electron chi connectivity index (χ2n) is 7.49. The van der Waals surface area contributed by atoms with Crippen molar-refractivity contribution in [1.29, 1.82) is 0 Å². The van der Waals surface area contributed by atoms with Gasteiger partial charge in [-0.15, -0.1) is 10.2 Å². The molecule has 0 amide bonds. The van der Waals surface area contributed by atoms with Crippen LogP contribution in [0.5, 0.6) is 0 Å². The monoisotopic (exact) mass is 348 g/mol. The largest absolute Gasteiger partial charge is 0.356 e. The Kier molecular flexibility index (Phi) is 4.05. The van der Waals surface area contributed by atoms with Gasteiger partial charge in [-0.05, 0) is 37.3 Å². The van der Waals surface area contributed by atoms with Gasteiger partial charge in [0.05, 0.1) is 12.4 Å². The highest BCUT2D eigenvalue weighted by atomic mass is 15.3. The number of hydrogen-bond acceptors (Lipinski definition) is 5. The molecule has 0 spiro atoms. The van der Waals surface area contributed by atoms with Crippen molar-refractivity contribution < 1.29 is 0 Å². The first-order valence-electron chi connectivity index (χ1n) is 9.55. The molecule has 0 bridgehead atoms. The second-order valence-corrected chi connectivity index (χ2v) is 7.49. The SMILES string of the molecule is c1ccc(CN2CCC[C@H]3CN(c4cncc5nncn45)CC[C@@H]32)cc1. The van der Waals surface area contributed by atoms with Crippen LogP contribution in [-0.4, -0.2) is 50.2 Å². The topological polar surface area (TPSA) is 49.6 Å². The average molecular weight is 348 g/mol. The van der Waals surface area contributed by atoms with Crippen LogP contribution in [-0.2, 0) is 6.54 Å². The molecule has 1 aromatic carbocycles. The van der Waals surface area contributed by atoms with E-state index in [0.717, 1.165) is 31.1 Å². The molecule has 3 aromatic rings. The lowest BCUT2D eigenvalue weighted by Gasteiger charge is -2.47. The zero-order valence-corrected chi connectivity index (χ0v) is 14.9. The van der Waals surface area contributed by atoms with Crippen molar-refractivity contribution in [2.45, 2.75) is 31.8 Å². The summed E-state index contributed by atoms with van der Waals surface area (Å²) in [5.41, 5.74) is 2.24. The lowest BCUT2D eigenvalue weighted by molar-refractivity contribution is 0.0700. The molecule has 0 N–H and O–H groups in total. The summed E-state index contributed by atoms with van der Waals surface area (Å²) in [5.74, 6) is 1.83. The number of likely N-dealkylation sites (tertiary alicyclic amines) is 1. The summed E-state index contributed by atoms with van der Waals surface area (Å²) in [6.07, 6.45) is 9.32. The van der Waals surface area contributed by atoms with E-state index in [-0.39, 0.29) is 0 Å². The van der Waals surface area contributed by atoms with Crippen molar-refractivity contribution >= 4 is 11.5 Å². The minimum Gasteiger partial charge on any atom is -0.356 e. The standard InChI is InChI=1S/C20H24N6/c1-2-5-16(6-3-1)13-24-9-4-7-17-14-25(10-8-18(17)24)20-12-21-11-19-23-22-15-26(19)20/h1-3,5-6,11-12,15,17-18H,4,7-10,13-14H2/t17-,18-/m0/s1. The highest BCUT2D eigenvalue weighted by Crippen LogP contribution is 2.33. The van der Waals surface area contributed by atoms with Gasteiger partial charge in [-0.1, -0.05) is 30.3 Å². The first-order valence-corrected chi connectivity index (χ1v) is 9.55. The molecule has 0 aliphatic carbocycles. The van der Waals surface area contributed by atoms with Crippen LogP contribution in [0.1, 0.15) is 24.8 Å². The summed E-state index contributed by atoms with van der Waals surface area (Å²) in [4.78, 5) is 9.54. The summed E-state index contributed by atoms with van der Waals surface area (Å²) in [7, 11) is 0. The maximum atomic E-state index is 4.36. The minimum atomic E-state index is 0.688. The molecule has 0 unspecified atom stereocenters. The first kappa shape index (κ1) is 15.8. The fraction of sp³-hybridized carbons (Fsp3) is 0.450. The van der Waals surface area contributed by atoms with Crippen LogP contribution in [0.25, 0.3) is 5.65 Å². The quantitative estimate of drug-likeness (QED) is 0.728. The van der Waals surface area contributed by atoms with E-state index in [9.17, 15) is 0 Å². The predicted octanol–water partition coefficient (Wildman–Crippen LogP) is 2.62. The van der Waals surface area contributed by atoms with Crippen molar-refractivity contribution in [3.63, 3.8) is 0 Å². The molecular weight excluding hydrogens is 324 g/mol. The molecular formula is C20H24N6. The van der Waals surface area contributed by atoms with Crippen molar-refractivity contribution in [3.8, 4) is 0 Å². The molecule has 5 rings (SSSR count). The molecule has 6 heteroatoms. The molecule has 2 aromatic heterocycles. The summed E-state index contributed by atoms with van der Waals surface area (Å²) < 4.78 is 2.05. The van der Waals surface area contributed by atoms with Crippen molar-refractivity contribution in [1.82, 2.24) is 24.5 Å². The van der Waals surface area contributed by atoms with Crippen LogP contribution < -0.4 is 4.90 Å². The number of fused-ring (bicyclic) bond motifs is 2. The molecule has 2 atom stereocenters. The number of aromatic nitrogens is 4. The molecule has 4 heterocycles. The van der Waals surface area contributed by atoms with Crippen molar-refractivity contribution in [2.75, 3.05) is 24.5 Å². The Morgan fingerprint density at radius 3 is 2.88 bits per heavy atom. The van der Waals surface area contributed by atoms with Crippen LogP contribution in [0.2, 0.25) is 0 Å². The zero-order chi connectivity index (χ0) is 17.3. The van der Waals surface area contributed by atoms with E-state index in [2.05, 4.69) is 59.7 Å². The van der Waals surface area contributed by atoms with E-state index >= 15 is 0 Å². The van der Waals surface area contributed by atoms with Gasteiger partial charge in [-0.3, -0.25) is 14.3 Å². The fourth-order valence-corrected chi connectivity index (χ4v) is 4.70. The van der Waals surface area contributed by atoms with E-state index < -0.39 is 0 Å². The molecule has 2 aliphatic heterocycles. The number of rotatable bonds is 3. The number of benzene rings is 1. The Balaban J connectivity index is 1.34. The third-order valence-electron chi connectivity index (χ3n) is 5.94. The van der Waals surface area contributed by atoms with Gasteiger partial charge in [-0.25, -0.2) is 0 Å². The van der Waals surface area contributed by atoms with Gasteiger partial charge in [0.2, 0.25) is 0 Å². The van der Waals surface area contributed by atoms with Crippen LogP contribution in [0.3, 0.4) is 0 Å². The van der Waals surface area contributed by atoms with E-state index in [1.807, 2.05) is 6.20 Å². The molecule has 2 saturated heterocycles. The smallest absolute Gasteiger partial charge is 0.180 e. The van der Waals surface area contributed by atoms with Crippen LogP contribution >= 0.6 is 0 Å². The molecule has 26 heavy (non-hydrogen) atoms. The van der Waals surface area contributed by atoms with Crippen molar-refractivity contribution in [3.05, 3.63) is 54.6 Å². The third-order valence-corrected chi connectivity index (χ3v) is 5.94. The van der Waals surface area contributed by atoms with Crippen LogP contribution in [0, 0.1) is 5.92 Å². The van der Waals surface area contributed by atoms with Gasteiger partial charge in [0.15, 0.2) is 5.65 Å². The average Bonchev–Trinajstić information content (AvgIpc) is 3.17. The molecule has 134 valence electrons. The Morgan fingerprint density at radius 2 is 1.96 bits per heavy atom. The van der Waals surface area contributed by atoms with Crippen molar-refractivity contribution in [2.24, 2.45) is 5.92 Å². The van der Waals surface area contributed by atoms with Gasteiger partial charge < -0.3 is 4.90 Å². The molecule has 2 aliphatic rings. The van der Waals surface area contributed by atoms with Crippen LogP contribution in [0.4, 0.5) is 5.82 Å². The zero-order valence-electron chi connectivity index (χ0n) is 14.9. The summed E-state index contributed by atoms with van der Waals surface area (Å²) in [6, 6.07) is 11.6. The van der Waals surface area contributed by atoms with Crippen LogP contribution in [0.15, 0.2) is 49.1 Å². The Morgan fingerprint density at radius 1 is 1.04 bits per heavy atom. The van der Waals surface area contributed by atoms with E-state index in [1.54, 1.807) is 12.5 Å². The van der Waals surface area contributed by atoms with Gasteiger partial charge in [0.1, 0.15) is 12.1 Å². The maximum Gasteiger partial charge on any atom is 0.180 e. The highest BCUT2D eigenvalue weighted by molar-refractivity contribution is 5.47. The molecule has 6 nitrogen and oxygen atoms in total. The number of anilines is 1. The Bertz CT molecular complexity index is 876. The molecule has 2 fully saturated rings. The highest BCUT2D eigenvalue weighted by Gasteiger charge is 2.36. The Labute approximate surface area is 153 Å². The fourth-order valence-electron chi connectivity index (χ4n) is 4.70. The van der Waals surface area contributed by atoms with E-state index in [0.29, 0.717) is 12.0 Å².